The predicted octanol–water partition coefficient (Wildman–Crippen LogP) is 0.687. The van der Waals surface area contributed by atoms with Gasteiger partial charge in [-0.3, -0.25) is 9.78 Å². The molecule has 2 N–H and O–H groups in total. The number of pyridine rings is 1. The molecule has 1 heterocycles. The molecule has 0 spiro atoms. The standard InChI is InChI=1S/C10H14N2O2/c1-8(10(13)14)12-7-4-9-2-5-11-6-3-9/h2-3,5-6,8,12H,4,7H2,1H3,(H,13,14). The Bertz CT molecular complexity index is 287. The Morgan fingerprint density at radius 2 is 2.21 bits per heavy atom. The van der Waals surface area contributed by atoms with E-state index in [2.05, 4.69) is 10.3 Å². The summed E-state index contributed by atoms with van der Waals surface area (Å²) < 4.78 is 0. The Morgan fingerprint density at radius 3 is 2.79 bits per heavy atom. The SMILES string of the molecule is CC(NCCc1ccncc1)C(=O)O. The van der Waals surface area contributed by atoms with Crippen LogP contribution in [0.5, 0.6) is 0 Å². The van der Waals surface area contributed by atoms with Crippen molar-refractivity contribution < 1.29 is 9.90 Å². The molecule has 4 nitrogen and oxygen atoms in total. The largest absolute Gasteiger partial charge is 0.480 e. The van der Waals surface area contributed by atoms with Gasteiger partial charge in [-0.2, -0.15) is 0 Å². The maximum absolute atomic E-state index is 10.5. The van der Waals surface area contributed by atoms with E-state index in [4.69, 9.17) is 5.11 Å². The number of rotatable bonds is 5. The fourth-order valence-corrected chi connectivity index (χ4v) is 1.07. The van der Waals surface area contributed by atoms with Gasteiger partial charge in [-0.1, -0.05) is 0 Å². The summed E-state index contributed by atoms with van der Waals surface area (Å²) in [5.74, 6) is -0.820. The van der Waals surface area contributed by atoms with Gasteiger partial charge in [0, 0.05) is 12.4 Å². The molecule has 0 aromatic carbocycles. The van der Waals surface area contributed by atoms with E-state index < -0.39 is 12.0 Å². The zero-order chi connectivity index (χ0) is 10.4. The zero-order valence-corrected chi connectivity index (χ0v) is 8.10. The summed E-state index contributed by atoms with van der Waals surface area (Å²) in [7, 11) is 0. The van der Waals surface area contributed by atoms with E-state index in [1.807, 2.05) is 12.1 Å². The highest BCUT2D eigenvalue weighted by Crippen LogP contribution is 1.96. The molecule has 0 aliphatic heterocycles. The highest BCUT2D eigenvalue weighted by molar-refractivity contribution is 5.72. The number of nitrogens with one attached hydrogen (secondary N) is 1. The molecule has 0 aliphatic carbocycles. The Balaban J connectivity index is 2.26. The highest BCUT2D eigenvalue weighted by atomic mass is 16.4. The molecule has 14 heavy (non-hydrogen) atoms. The average Bonchev–Trinajstić information content (AvgIpc) is 2.19. The van der Waals surface area contributed by atoms with Crippen LogP contribution in [0.3, 0.4) is 0 Å². The average molecular weight is 194 g/mol. The Labute approximate surface area is 83.0 Å². The monoisotopic (exact) mass is 194 g/mol. The minimum atomic E-state index is -0.820. The number of hydrogen-bond donors (Lipinski definition) is 2. The highest BCUT2D eigenvalue weighted by Gasteiger charge is 2.08. The van der Waals surface area contributed by atoms with Gasteiger partial charge in [0.15, 0.2) is 0 Å². The number of aliphatic carboxylic acids is 1. The number of nitrogens with zero attached hydrogens (tertiary/aromatic N) is 1. The van der Waals surface area contributed by atoms with Gasteiger partial charge in [0.05, 0.1) is 0 Å². The van der Waals surface area contributed by atoms with Crippen molar-refractivity contribution in [2.75, 3.05) is 6.54 Å². The third-order valence-corrected chi connectivity index (χ3v) is 1.98. The molecule has 0 saturated heterocycles. The van der Waals surface area contributed by atoms with Gasteiger partial charge in [-0.05, 0) is 37.6 Å². The van der Waals surface area contributed by atoms with Crippen LogP contribution in [0.15, 0.2) is 24.5 Å². The third kappa shape index (κ3) is 3.53. The first-order valence-corrected chi connectivity index (χ1v) is 4.55. The minimum Gasteiger partial charge on any atom is -0.480 e. The van der Waals surface area contributed by atoms with Gasteiger partial charge < -0.3 is 10.4 Å². The van der Waals surface area contributed by atoms with Crippen LogP contribution in [0.2, 0.25) is 0 Å². The predicted molar refractivity (Wildman–Crippen MR) is 53.0 cm³/mol. The van der Waals surface area contributed by atoms with E-state index in [0.29, 0.717) is 6.54 Å². The molecule has 1 unspecified atom stereocenters. The molecule has 0 amide bonds. The second-order valence-corrected chi connectivity index (χ2v) is 3.12. The first-order chi connectivity index (χ1) is 6.70. The van der Waals surface area contributed by atoms with Gasteiger partial charge >= 0.3 is 5.97 Å². The summed E-state index contributed by atoms with van der Waals surface area (Å²) in [6.07, 6.45) is 4.28. The normalized spacial score (nSPS) is 12.4. The van der Waals surface area contributed by atoms with Crippen molar-refractivity contribution in [1.29, 1.82) is 0 Å². The van der Waals surface area contributed by atoms with Gasteiger partial charge in [0.2, 0.25) is 0 Å². The molecule has 0 fully saturated rings. The van der Waals surface area contributed by atoms with E-state index in [1.165, 1.54) is 0 Å². The van der Waals surface area contributed by atoms with E-state index in [0.717, 1.165) is 12.0 Å². The molecule has 1 rings (SSSR count). The minimum absolute atomic E-state index is 0.489. The number of carboxylic acid groups (broad SMARTS) is 1. The number of carbonyl (C=O) groups is 1. The molecule has 0 saturated carbocycles. The lowest BCUT2D eigenvalue weighted by Crippen LogP contribution is -2.34. The van der Waals surface area contributed by atoms with Gasteiger partial charge in [0.25, 0.3) is 0 Å². The van der Waals surface area contributed by atoms with Crippen LogP contribution in [0, 0.1) is 0 Å². The molecule has 0 aliphatic rings. The first-order valence-electron chi connectivity index (χ1n) is 4.55. The fraction of sp³-hybridized carbons (Fsp3) is 0.400. The Morgan fingerprint density at radius 1 is 1.57 bits per heavy atom. The van der Waals surface area contributed by atoms with Gasteiger partial charge in [0.1, 0.15) is 6.04 Å². The maximum Gasteiger partial charge on any atom is 0.320 e. The summed E-state index contributed by atoms with van der Waals surface area (Å²) in [6.45, 7) is 2.30. The second-order valence-electron chi connectivity index (χ2n) is 3.12. The topological polar surface area (TPSA) is 62.2 Å². The van der Waals surface area contributed by atoms with E-state index in [1.54, 1.807) is 19.3 Å². The van der Waals surface area contributed by atoms with Crippen LogP contribution in [0.4, 0.5) is 0 Å². The summed E-state index contributed by atoms with van der Waals surface area (Å²) >= 11 is 0. The molecule has 1 aromatic heterocycles. The van der Waals surface area contributed by atoms with Crippen molar-refractivity contribution in [2.24, 2.45) is 0 Å². The van der Waals surface area contributed by atoms with Crippen LogP contribution in [0.25, 0.3) is 0 Å². The maximum atomic E-state index is 10.5. The van der Waals surface area contributed by atoms with E-state index in [9.17, 15) is 4.79 Å². The van der Waals surface area contributed by atoms with Crippen molar-refractivity contribution in [1.82, 2.24) is 10.3 Å². The smallest absolute Gasteiger partial charge is 0.320 e. The van der Waals surface area contributed by atoms with Crippen LogP contribution in [-0.4, -0.2) is 28.6 Å². The van der Waals surface area contributed by atoms with Crippen molar-refractivity contribution >= 4 is 5.97 Å². The molecular weight excluding hydrogens is 180 g/mol. The van der Waals surface area contributed by atoms with Gasteiger partial charge in [-0.15, -0.1) is 0 Å². The molecule has 0 radical (unpaired) electrons. The van der Waals surface area contributed by atoms with Crippen molar-refractivity contribution in [3.8, 4) is 0 Å². The van der Waals surface area contributed by atoms with E-state index in [-0.39, 0.29) is 0 Å². The summed E-state index contributed by atoms with van der Waals surface area (Å²) in [5, 5.41) is 11.5. The lowest BCUT2D eigenvalue weighted by atomic mass is 10.2. The number of aromatic nitrogens is 1. The van der Waals surface area contributed by atoms with Crippen LogP contribution < -0.4 is 5.32 Å². The van der Waals surface area contributed by atoms with Crippen LogP contribution in [-0.2, 0) is 11.2 Å². The molecule has 0 bridgehead atoms. The van der Waals surface area contributed by atoms with E-state index >= 15 is 0 Å². The van der Waals surface area contributed by atoms with Crippen molar-refractivity contribution in [3.63, 3.8) is 0 Å². The lowest BCUT2D eigenvalue weighted by Gasteiger charge is -2.08. The van der Waals surface area contributed by atoms with Crippen molar-refractivity contribution in [3.05, 3.63) is 30.1 Å². The van der Waals surface area contributed by atoms with Crippen LogP contribution >= 0.6 is 0 Å². The Hall–Kier alpha value is -1.42. The first kappa shape index (κ1) is 10.7. The van der Waals surface area contributed by atoms with Gasteiger partial charge in [-0.25, -0.2) is 0 Å². The Kier molecular flexibility index (Phi) is 4.07. The molecule has 4 heteroatoms. The molecule has 1 aromatic rings. The number of carboxylic acids is 1. The van der Waals surface area contributed by atoms with Crippen LogP contribution in [0.1, 0.15) is 12.5 Å². The third-order valence-electron chi connectivity index (χ3n) is 1.98. The fourth-order valence-electron chi connectivity index (χ4n) is 1.07. The quantitative estimate of drug-likeness (QED) is 0.723. The molecular formula is C10H14N2O2. The molecule has 1 atom stereocenters. The summed E-state index contributed by atoms with van der Waals surface area (Å²) in [6, 6.07) is 3.36. The summed E-state index contributed by atoms with van der Waals surface area (Å²) in [4.78, 5) is 14.4. The molecule has 76 valence electrons. The number of hydrogen-bond acceptors (Lipinski definition) is 3. The zero-order valence-electron chi connectivity index (χ0n) is 8.10. The summed E-state index contributed by atoms with van der Waals surface area (Å²) in [5.41, 5.74) is 1.16. The van der Waals surface area contributed by atoms with Crippen molar-refractivity contribution in [2.45, 2.75) is 19.4 Å². The lowest BCUT2D eigenvalue weighted by molar-refractivity contribution is -0.138. The second kappa shape index (κ2) is 5.34.